The first-order valence-electron chi connectivity index (χ1n) is 9.07. The van der Waals surface area contributed by atoms with Gasteiger partial charge in [0.15, 0.2) is 17.1 Å². The number of esters is 1. The third-order valence-electron chi connectivity index (χ3n) is 4.43. The minimum atomic E-state index is -0.402. The van der Waals surface area contributed by atoms with Crippen molar-refractivity contribution in [2.75, 3.05) is 20.8 Å². The van der Waals surface area contributed by atoms with Crippen molar-refractivity contribution in [1.82, 2.24) is 4.57 Å². The van der Waals surface area contributed by atoms with Crippen molar-refractivity contribution >= 4 is 17.1 Å². The van der Waals surface area contributed by atoms with Crippen LogP contribution in [0.3, 0.4) is 0 Å². The number of oxazole rings is 1. The fourth-order valence-electron chi connectivity index (χ4n) is 2.99. The lowest BCUT2D eigenvalue weighted by atomic mass is 10.1. The number of hydrogen-bond acceptors (Lipinski definition) is 6. The Morgan fingerprint density at radius 2 is 1.86 bits per heavy atom. The van der Waals surface area contributed by atoms with Crippen molar-refractivity contribution in [2.24, 2.45) is 0 Å². The molecular formula is C21H23NO6. The van der Waals surface area contributed by atoms with Crippen LogP contribution in [0.2, 0.25) is 0 Å². The van der Waals surface area contributed by atoms with E-state index >= 15 is 0 Å². The molecule has 0 radical (unpaired) electrons. The average Bonchev–Trinajstić information content (AvgIpc) is 3.04. The van der Waals surface area contributed by atoms with Crippen molar-refractivity contribution in [2.45, 2.75) is 25.8 Å². The molecule has 0 saturated heterocycles. The summed E-state index contributed by atoms with van der Waals surface area (Å²) in [6, 6.07) is 12.8. The van der Waals surface area contributed by atoms with Crippen molar-refractivity contribution in [3.05, 3.63) is 58.6 Å². The van der Waals surface area contributed by atoms with Crippen LogP contribution in [-0.4, -0.2) is 31.4 Å². The molecule has 1 aromatic heterocycles. The number of benzene rings is 2. The predicted molar refractivity (Wildman–Crippen MR) is 104 cm³/mol. The Morgan fingerprint density at radius 1 is 1.07 bits per heavy atom. The van der Waals surface area contributed by atoms with Crippen molar-refractivity contribution in [3.63, 3.8) is 0 Å². The van der Waals surface area contributed by atoms with Crippen LogP contribution in [0.4, 0.5) is 0 Å². The van der Waals surface area contributed by atoms with Crippen molar-refractivity contribution in [1.29, 1.82) is 0 Å². The molecule has 7 nitrogen and oxygen atoms in total. The summed E-state index contributed by atoms with van der Waals surface area (Å²) in [6.45, 7) is 0.676. The second-order valence-corrected chi connectivity index (χ2v) is 6.25. The van der Waals surface area contributed by atoms with E-state index in [0.29, 0.717) is 36.5 Å². The molecular weight excluding hydrogens is 362 g/mol. The van der Waals surface area contributed by atoms with E-state index in [0.717, 1.165) is 11.1 Å². The van der Waals surface area contributed by atoms with E-state index < -0.39 is 5.76 Å². The molecule has 3 aromatic rings. The van der Waals surface area contributed by atoms with E-state index in [1.807, 2.05) is 36.4 Å². The number of fused-ring (bicyclic) bond motifs is 1. The molecule has 0 spiro atoms. The topological polar surface area (TPSA) is 79.9 Å². The Morgan fingerprint density at radius 3 is 2.64 bits per heavy atom. The summed E-state index contributed by atoms with van der Waals surface area (Å²) in [5, 5.41) is 0. The number of hydrogen-bond donors (Lipinski definition) is 0. The Balaban J connectivity index is 1.45. The lowest BCUT2D eigenvalue weighted by Crippen LogP contribution is -2.16. The maximum atomic E-state index is 12.0. The molecule has 0 atom stereocenters. The fourth-order valence-corrected chi connectivity index (χ4v) is 2.99. The van der Waals surface area contributed by atoms with Gasteiger partial charge in [0.25, 0.3) is 0 Å². The van der Waals surface area contributed by atoms with Gasteiger partial charge >= 0.3 is 11.7 Å². The molecule has 7 heteroatoms. The van der Waals surface area contributed by atoms with Gasteiger partial charge in [-0.3, -0.25) is 9.36 Å². The smallest absolute Gasteiger partial charge is 0.419 e. The summed E-state index contributed by atoms with van der Waals surface area (Å²) < 4.78 is 22.5. The van der Waals surface area contributed by atoms with Gasteiger partial charge in [-0.1, -0.05) is 18.2 Å². The quantitative estimate of drug-likeness (QED) is 0.416. The summed E-state index contributed by atoms with van der Waals surface area (Å²) in [5.41, 5.74) is 2.26. The van der Waals surface area contributed by atoms with Gasteiger partial charge in [0, 0.05) is 13.0 Å². The van der Waals surface area contributed by atoms with Gasteiger partial charge in [0.05, 0.1) is 26.3 Å². The van der Waals surface area contributed by atoms with E-state index in [-0.39, 0.29) is 19.0 Å². The zero-order valence-electron chi connectivity index (χ0n) is 16.0. The third kappa shape index (κ3) is 4.54. The van der Waals surface area contributed by atoms with Crippen LogP contribution in [0.1, 0.15) is 18.4 Å². The molecule has 2 aromatic carbocycles. The van der Waals surface area contributed by atoms with Crippen LogP contribution in [-0.2, 0) is 22.5 Å². The van der Waals surface area contributed by atoms with Gasteiger partial charge in [0.2, 0.25) is 0 Å². The summed E-state index contributed by atoms with van der Waals surface area (Å²) in [5.74, 6) is 0.599. The summed E-state index contributed by atoms with van der Waals surface area (Å²) in [4.78, 5) is 23.9. The molecule has 0 N–H and O–H groups in total. The summed E-state index contributed by atoms with van der Waals surface area (Å²) >= 11 is 0. The first-order chi connectivity index (χ1) is 13.6. The average molecular weight is 385 g/mol. The summed E-state index contributed by atoms with van der Waals surface area (Å²) in [6.07, 6.45) is 1.35. The minimum absolute atomic E-state index is 0.247. The zero-order chi connectivity index (χ0) is 19.9. The number of carbonyl (C=O) groups excluding carboxylic acids is 1. The molecule has 28 heavy (non-hydrogen) atoms. The molecule has 0 aliphatic heterocycles. The first-order valence-corrected chi connectivity index (χ1v) is 9.07. The van der Waals surface area contributed by atoms with Crippen LogP contribution in [0.25, 0.3) is 11.1 Å². The third-order valence-corrected chi connectivity index (χ3v) is 4.43. The lowest BCUT2D eigenvalue weighted by Gasteiger charge is -2.09. The van der Waals surface area contributed by atoms with E-state index in [1.54, 1.807) is 24.9 Å². The number of nitrogens with zero attached hydrogens (tertiary/aromatic N) is 1. The molecule has 3 rings (SSSR count). The Bertz CT molecular complexity index is 1000. The number of aryl methyl sites for hydroxylation is 2. The van der Waals surface area contributed by atoms with E-state index in [9.17, 15) is 9.59 Å². The molecule has 0 unspecified atom stereocenters. The summed E-state index contributed by atoms with van der Waals surface area (Å²) in [7, 11) is 3.15. The highest BCUT2D eigenvalue weighted by atomic mass is 16.5. The SMILES string of the molecule is COc1ccc(CCC(=O)OCCCn2c(=O)oc3ccccc32)cc1OC. The van der Waals surface area contributed by atoms with Gasteiger partial charge in [-0.2, -0.15) is 0 Å². The van der Waals surface area contributed by atoms with Crippen molar-refractivity contribution in [3.8, 4) is 11.5 Å². The number of ether oxygens (including phenoxy) is 3. The van der Waals surface area contributed by atoms with Crippen LogP contribution in [0.15, 0.2) is 51.7 Å². The fraction of sp³-hybridized carbons (Fsp3) is 0.333. The van der Waals surface area contributed by atoms with Crippen LogP contribution in [0, 0.1) is 0 Å². The van der Waals surface area contributed by atoms with E-state index in [4.69, 9.17) is 18.6 Å². The monoisotopic (exact) mass is 385 g/mol. The number of carbonyl (C=O) groups is 1. The van der Waals surface area contributed by atoms with Crippen LogP contribution >= 0.6 is 0 Å². The Labute approximate surface area is 162 Å². The van der Waals surface area contributed by atoms with E-state index in [1.165, 1.54) is 0 Å². The maximum Gasteiger partial charge on any atom is 0.419 e. The molecule has 148 valence electrons. The second-order valence-electron chi connectivity index (χ2n) is 6.25. The number of methoxy groups -OCH3 is 2. The van der Waals surface area contributed by atoms with Crippen LogP contribution in [0.5, 0.6) is 11.5 Å². The van der Waals surface area contributed by atoms with Crippen LogP contribution < -0.4 is 15.2 Å². The molecule has 0 aliphatic rings. The molecule has 1 heterocycles. The molecule has 0 amide bonds. The number of para-hydroxylation sites is 2. The maximum absolute atomic E-state index is 12.0. The van der Waals surface area contributed by atoms with Crippen molar-refractivity contribution < 1.29 is 23.4 Å². The molecule has 0 fully saturated rings. The number of rotatable bonds is 9. The van der Waals surface area contributed by atoms with Gasteiger partial charge in [-0.05, 0) is 42.7 Å². The zero-order valence-corrected chi connectivity index (χ0v) is 16.0. The highest BCUT2D eigenvalue weighted by Crippen LogP contribution is 2.28. The highest BCUT2D eigenvalue weighted by Gasteiger charge is 2.10. The minimum Gasteiger partial charge on any atom is -0.493 e. The molecule has 0 saturated carbocycles. The highest BCUT2D eigenvalue weighted by molar-refractivity contribution is 5.72. The van der Waals surface area contributed by atoms with Gasteiger partial charge in [0.1, 0.15) is 0 Å². The molecule has 0 bridgehead atoms. The van der Waals surface area contributed by atoms with E-state index in [2.05, 4.69) is 0 Å². The second kappa shape index (κ2) is 9.12. The lowest BCUT2D eigenvalue weighted by molar-refractivity contribution is -0.143. The normalized spacial score (nSPS) is 10.8. The van der Waals surface area contributed by atoms with Gasteiger partial charge in [-0.15, -0.1) is 0 Å². The van der Waals surface area contributed by atoms with Gasteiger partial charge in [-0.25, -0.2) is 4.79 Å². The van der Waals surface area contributed by atoms with Gasteiger partial charge < -0.3 is 18.6 Å². The largest absolute Gasteiger partial charge is 0.493 e. The molecule has 0 aliphatic carbocycles. The Kier molecular flexibility index (Phi) is 6.37. The number of aromatic nitrogens is 1. The standard InChI is InChI=1S/C21H23NO6/c1-25-18-10-8-15(14-19(18)26-2)9-11-20(23)27-13-5-12-22-16-6-3-4-7-17(16)28-21(22)24/h3-4,6-8,10,14H,5,9,11-13H2,1-2H3. The Hall–Kier alpha value is -3.22. The first kappa shape index (κ1) is 19.5. The predicted octanol–water partition coefficient (Wildman–Crippen LogP) is 3.18.